The molecule has 0 aliphatic carbocycles. The first-order valence-electron chi connectivity index (χ1n) is 5.96. The number of benzene rings is 1. The molecule has 0 saturated heterocycles. The molecular formula is C14H11BrClN3O. The van der Waals surface area contributed by atoms with Crippen LogP contribution in [0, 0.1) is 0 Å². The van der Waals surface area contributed by atoms with Crippen LogP contribution in [-0.4, -0.2) is 21.6 Å². The van der Waals surface area contributed by atoms with Crippen LogP contribution >= 0.6 is 27.5 Å². The number of alkyl halides is 1. The maximum atomic E-state index is 6.01. The van der Waals surface area contributed by atoms with Gasteiger partial charge in [0.15, 0.2) is 5.65 Å². The van der Waals surface area contributed by atoms with Crippen molar-refractivity contribution >= 4 is 38.7 Å². The van der Waals surface area contributed by atoms with Gasteiger partial charge < -0.3 is 4.74 Å². The van der Waals surface area contributed by atoms with Gasteiger partial charge in [-0.3, -0.25) is 4.57 Å². The van der Waals surface area contributed by atoms with Gasteiger partial charge >= 0.3 is 0 Å². The highest BCUT2D eigenvalue weighted by Gasteiger charge is 2.13. The highest BCUT2D eigenvalue weighted by molar-refractivity contribution is 9.10. The number of imidazole rings is 1. The fourth-order valence-electron chi connectivity index (χ4n) is 2.12. The average Bonchev–Trinajstić information content (AvgIpc) is 2.85. The molecule has 0 atom stereocenters. The maximum absolute atomic E-state index is 6.01. The predicted molar refractivity (Wildman–Crippen MR) is 82.7 cm³/mol. The maximum Gasteiger partial charge on any atom is 0.164 e. The van der Waals surface area contributed by atoms with Crippen molar-refractivity contribution in [3.05, 3.63) is 46.8 Å². The van der Waals surface area contributed by atoms with E-state index < -0.39 is 0 Å². The third-order valence-electron chi connectivity index (χ3n) is 2.95. The van der Waals surface area contributed by atoms with Gasteiger partial charge in [-0.25, -0.2) is 9.97 Å². The Morgan fingerprint density at radius 2 is 2.20 bits per heavy atom. The molecule has 0 unspecified atom stereocenters. The summed E-state index contributed by atoms with van der Waals surface area (Å²) < 4.78 is 8.16. The second-order valence-corrected chi connectivity index (χ2v) is 5.38. The van der Waals surface area contributed by atoms with Crippen LogP contribution in [0.25, 0.3) is 16.9 Å². The van der Waals surface area contributed by atoms with E-state index in [1.165, 1.54) is 0 Å². The fourth-order valence-corrected chi connectivity index (χ4v) is 2.75. The van der Waals surface area contributed by atoms with E-state index in [9.17, 15) is 0 Å². The van der Waals surface area contributed by atoms with Crippen LogP contribution in [0.1, 0.15) is 5.82 Å². The Bertz CT molecular complexity index is 772. The lowest BCUT2D eigenvalue weighted by molar-refractivity contribution is 0.414. The first-order valence-corrected chi connectivity index (χ1v) is 7.29. The Morgan fingerprint density at radius 1 is 1.35 bits per heavy atom. The summed E-state index contributed by atoms with van der Waals surface area (Å²) in [6.45, 7) is 0. The Kier molecular flexibility index (Phi) is 3.63. The van der Waals surface area contributed by atoms with Crippen molar-refractivity contribution in [2.45, 2.75) is 5.88 Å². The average molecular weight is 353 g/mol. The molecule has 2 aromatic heterocycles. The Labute approximate surface area is 129 Å². The largest absolute Gasteiger partial charge is 0.497 e. The van der Waals surface area contributed by atoms with Crippen molar-refractivity contribution in [1.29, 1.82) is 0 Å². The molecule has 0 amide bonds. The summed E-state index contributed by atoms with van der Waals surface area (Å²) in [5, 5.41) is 0. The quantitative estimate of drug-likeness (QED) is 0.671. The second-order valence-electron chi connectivity index (χ2n) is 4.19. The Balaban J connectivity index is 2.30. The molecule has 0 fully saturated rings. The van der Waals surface area contributed by atoms with Crippen molar-refractivity contribution in [3.8, 4) is 11.4 Å². The minimum atomic E-state index is 0.311. The molecule has 6 heteroatoms. The number of nitrogens with zero attached hydrogens (tertiary/aromatic N) is 3. The van der Waals surface area contributed by atoms with Crippen LogP contribution in [0.2, 0.25) is 0 Å². The van der Waals surface area contributed by atoms with E-state index in [0.717, 1.165) is 32.9 Å². The summed E-state index contributed by atoms with van der Waals surface area (Å²) in [4.78, 5) is 8.90. The molecule has 0 bridgehead atoms. The summed E-state index contributed by atoms with van der Waals surface area (Å²) in [5.74, 6) is 1.82. The number of pyridine rings is 1. The minimum Gasteiger partial charge on any atom is -0.497 e. The zero-order valence-corrected chi connectivity index (χ0v) is 13.0. The standard InChI is InChI=1S/C14H11BrClN3O/c1-20-11-6-9(15)5-10(7-11)19-13(8-16)18-12-3-2-4-17-14(12)19/h2-7H,8H2,1H3. The van der Waals surface area contributed by atoms with Gasteiger partial charge in [-0.15, -0.1) is 11.6 Å². The van der Waals surface area contributed by atoms with Gasteiger partial charge in [0.2, 0.25) is 0 Å². The van der Waals surface area contributed by atoms with Gasteiger partial charge in [0, 0.05) is 16.7 Å². The van der Waals surface area contributed by atoms with E-state index >= 15 is 0 Å². The van der Waals surface area contributed by atoms with Gasteiger partial charge in [-0.1, -0.05) is 15.9 Å². The van der Waals surface area contributed by atoms with Crippen molar-refractivity contribution in [2.24, 2.45) is 0 Å². The van der Waals surface area contributed by atoms with Crippen LogP contribution < -0.4 is 4.74 Å². The van der Waals surface area contributed by atoms with Crippen LogP contribution in [0.3, 0.4) is 0 Å². The predicted octanol–water partition coefficient (Wildman–Crippen LogP) is 3.93. The SMILES string of the molecule is COc1cc(Br)cc(-n2c(CCl)nc3cccnc32)c1. The van der Waals surface area contributed by atoms with Crippen molar-refractivity contribution < 1.29 is 4.74 Å². The van der Waals surface area contributed by atoms with E-state index in [1.54, 1.807) is 13.3 Å². The van der Waals surface area contributed by atoms with Crippen LogP contribution in [0.5, 0.6) is 5.75 Å². The molecule has 2 heterocycles. The molecule has 4 nitrogen and oxygen atoms in total. The van der Waals surface area contributed by atoms with Crippen LogP contribution in [0.4, 0.5) is 0 Å². The number of methoxy groups -OCH3 is 1. The lowest BCUT2D eigenvalue weighted by atomic mass is 10.3. The summed E-state index contributed by atoms with van der Waals surface area (Å²) in [7, 11) is 1.64. The Hall–Kier alpha value is -1.59. The van der Waals surface area contributed by atoms with Gasteiger partial charge in [0.05, 0.1) is 18.7 Å². The topological polar surface area (TPSA) is 39.9 Å². The molecule has 0 aliphatic rings. The normalized spacial score (nSPS) is 10.9. The molecule has 0 radical (unpaired) electrons. The molecule has 102 valence electrons. The van der Waals surface area contributed by atoms with E-state index in [2.05, 4.69) is 25.9 Å². The van der Waals surface area contributed by atoms with E-state index in [-0.39, 0.29) is 0 Å². The lowest BCUT2D eigenvalue weighted by Crippen LogP contribution is -2.01. The lowest BCUT2D eigenvalue weighted by Gasteiger charge is -2.10. The van der Waals surface area contributed by atoms with Crippen LogP contribution in [0.15, 0.2) is 41.0 Å². The minimum absolute atomic E-state index is 0.311. The van der Waals surface area contributed by atoms with Gasteiger partial charge in [0.1, 0.15) is 17.1 Å². The molecule has 20 heavy (non-hydrogen) atoms. The number of fused-ring (bicyclic) bond motifs is 1. The zero-order valence-electron chi connectivity index (χ0n) is 10.7. The van der Waals surface area contributed by atoms with Crippen molar-refractivity contribution in [2.75, 3.05) is 7.11 Å². The molecule has 3 rings (SSSR count). The van der Waals surface area contributed by atoms with E-state index in [4.69, 9.17) is 16.3 Å². The number of rotatable bonds is 3. The summed E-state index contributed by atoms with van der Waals surface area (Å²) in [6, 6.07) is 9.59. The van der Waals surface area contributed by atoms with Crippen LogP contribution in [-0.2, 0) is 5.88 Å². The van der Waals surface area contributed by atoms with Gasteiger partial charge in [-0.2, -0.15) is 0 Å². The smallest absolute Gasteiger partial charge is 0.164 e. The summed E-state index contributed by atoms with van der Waals surface area (Å²) >= 11 is 9.50. The van der Waals surface area contributed by atoms with Crippen molar-refractivity contribution in [1.82, 2.24) is 14.5 Å². The van der Waals surface area contributed by atoms with Crippen molar-refractivity contribution in [3.63, 3.8) is 0 Å². The monoisotopic (exact) mass is 351 g/mol. The number of halogens is 2. The number of hydrogen-bond acceptors (Lipinski definition) is 3. The number of hydrogen-bond donors (Lipinski definition) is 0. The first kappa shape index (κ1) is 13.4. The third-order valence-corrected chi connectivity index (χ3v) is 3.65. The highest BCUT2D eigenvalue weighted by atomic mass is 79.9. The number of aromatic nitrogens is 3. The molecule has 3 aromatic rings. The molecule has 0 N–H and O–H groups in total. The molecule has 0 aliphatic heterocycles. The van der Waals surface area contributed by atoms with Gasteiger partial charge in [0.25, 0.3) is 0 Å². The van der Waals surface area contributed by atoms with Gasteiger partial charge in [-0.05, 0) is 24.3 Å². The number of ether oxygens (including phenoxy) is 1. The van der Waals surface area contributed by atoms with E-state index in [1.807, 2.05) is 34.9 Å². The molecule has 0 spiro atoms. The molecule has 1 aromatic carbocycles. The van der Waals surface area contributed by atoms with E-state index in [0.29, 0.717) is 5.88 Å². The highest BCUT2D eigenvalue weighted by Crippen LogP contribution is 2.27. The molecule has 0 saturated carbocycles. The first-order chi connectivity index (χ1) is 9.72. The third kappa shape index (κ3) is 2.27. The summed E-state index contributed by atoms with van der Waals surface area (Å²) in [6.07, 6.45) is 1.74. The Morgan fingerprint density at radius 3 is 2.95 bits per heavy atom. The summed E-state index contributed by atoms with van der Waals surface area (Å²) in [5.41, 5.74) is 2.51. The second kappa shape index (κ2) is 5.42. The molecular weight excluding hydrogens is 342 g/mol. The fraction of sp³-hybridized carbons (Fsp3) is 0.143. The zero-order chi connectivity index (χ0) is 14.1.